The number of aryl methyl sites for hydroxylation is 1. The van der Waals surface area contributed by atoms with E-state index >= 15 is 0 Å². The normalized spacial score (nSPS) is 19.7. The molecular weight excluding hydrogens is 568 g/mol. The van der Waals surface area contributed by atoms with Gasteiger partial charge in [0, 0.05) is 45.2 Å². The van der Waals surface area contributed by atoms with Crippen LogP contribution in [0.2, 0.25) is 0 Å². The summed E-state index contributed by atoms with van der Waals surface area (Å²) in [4.78, 5) is 17.7. The number of piperidine rings is 2. The Labute approximate surface area is 243 Å². The minimum Gasteiger partial charge on any atom is -0.395 e. The molecule has 1 spiro atoms. The second-order valence-corrected chi connectivity index (χ2v) is 13.6. The zero-order valence-electron chi connectivity index (χ0n) is 23.4. The Morgan fingerprint density at radius 2 is 1.60 bits per heavy atom. The van der Waals surface area contributed by atoms with Crippen LogP contribution in [0, 0.1) is 12.3 Å². The molecule has 42 heavy (non-hydrogen) atoms. The lowest BCUT2D eigenvalue weighted by atomic mass is 9.93. The monoisotopic (exact) mass is 603 g/mol. The second-order valence-electron chi connectivity index (χ2n) is 11.7. The fourth-order valence-electron chi connectivity index (χ4n) is 5.96. The molecule has 6 rings (SSSR count). The van der Waals surface area contributed by atoms with Gasteiger partial charge < -0.3 is 20.2 Å². The lowest BCUT2D eigenvalue weighted by Crippen LogP contribution is -2.39. The first-order valence-corrected chi connectivity index (χ1v) is 15.9. The molecule has 1 amide bonds. The van der Waals surface area contributed by atoms with E-state index in [2.05, 4.69) is 25.1 Å². The summed E-state index contributed by atoms with van der Waals surface area (Å²) in [5, 5.41) is 20.5. The van der Waals surface area contributed by atoms with Crippen LogP contribution >= 0.6 is 0 Å². The summed E-state index contributed by atoms with van der Waals surface area (Å²) in [5.41, 5.74) is 3.31. The summed E-state index contributed by atoms with van der Waals surface area (Å²) in [6.07, 6.45) is 5.63. The summed E-state index contributed by atoms with van der Waals surface area (Å²) in [5.74, 6) is -2.93. The van der Waals surface area contributed by atoms with Gasteiger partial charge in [0.15, 0.2) is 5.65 Å². The molecule has 226 valence electrons. The number of nitrogens with zero attached hydrogens (tertiary/aromatic N) is 5. The fraction of sp³-hybridized carbons (Fsp3) is 0.536. The van der Waals surface area contributed by atoms with Gasteiger partial charge in [-0.15, -0.1) is 10.2 Å². The largest absolute Gasteiger partial charge is 0.395 e. The Kier molecular flexibility index (Phi) is 7.24. The highest BCUT2D eigenvalue weighted by atomic mass is 32.2. The van der Waals surface area contributed by atoms with Crippen LogP contribution in [0.5, 0.6) is 0 Å². The molecule has 2 aromatic heterocycles. The van der Waals surface area contributed by atoms with Crippen molar-refractivity contribution in [2.45, 2.75) is 51.4 Å². The number of nitrogens with one attached hydrogen (secondary N) is 2. The van der Waals surface area contributed by atoms with Crippen LogP contribution in [-0.4, -0.2) is 78.5 Å². The number of halogens is 2. The molecule has 0 atom stereocenters. The highest BCUT2D eigenvalue weighted by Gasteiger charge is 2.44. The Hall–Kier alpha value is -3.52. The first kappa shape index (κ1) is 28.6. The van der Waals surface area contributed by atoms with E-state index < -0.39 is 28.3 Å². The number of alkyl halides is 2. The molecule has 3 aromatic rings. The van der Waals surface area contributed by atoms with Gasteiger partial charge in [0.05, 0.1) is 40.7 Å². The van der Waals surface area contributed by atoms with E-state index in [1.807, 2.05) is 4.90 Å². The van der Waals surface area contributed by atoms with Crippen molar-refractivity contribution >= 4 is 44.3 Å². The van der Waals surface area contributed by atoms with Crippen LogP contribution in [0.3, 0.4) is 0 Å². The topological polar surface area (TPSA) is 132 Å². The van der Waals surface area contributed by atoms with E-state index in [-0.39, 0.29) is 31.8 Å². The number of anilines is 4. The number of carbonyl (C=O) groups excluding carboxylic acids is 1. The zero-order chi connectivity index (χ0) is 29.7. The number of amides is 1. The van der Waals surface area contributed by atoms with Crippen molar-refractivity contribution in [3.63, 3.8) is 0 Å². The molecule has 2 aliphatic heterocycles. The third-order valence-electron chi connectivity index (χ3n) is 8.75. The standard InChI is InChI=1S/C28H35F2N7O4S/c1-19-32-33-25-24(36-12-8-28(29,30)9-13-36)17-21(18-37(19)25)31-26(39)22-3-2-20(34-42(40,41)15-14-38)16-23(22)35-10-6-27(4-5-27)7-11-35/h2-3,16-18,34,38H,4-15H2,1H3,(H,31,39). The van der Waals surface area contributed by atoms with Gasteiger partial charge in [-0.25, -0.2) is 17.2 Å². The molecule has 0 radical (unpaired) electrons. The molecule has 1 aromatic carbocycles. The summed E-state index contributed by atoms with van der Waals surface area (Å²) in [6, 6.07) is 6.53. The van der Waals surface area contributed by atoms with Gasteiger partial charge in [-0.3, -0.25) is 13.9 Å². The van der Waals surface area contributed by atoms with Crippen molar-refractivity contribution in [1.29, 1.82) is 0 Å². The van der Waals surface area contributed by atoms with E-state index in [4.69, 9.17) is 5.11 Å². The summed E-state index contributed by atoms with van der Waals surface area (Å²) in [6.45, 7) is 3.08. The molecule has 3 aliphatic rings. The summed E-state index contributed by atoms with van der Waals surface area (Å²) in [7, 11) is -3.75. The van der Waals surface area contributed by atoms with E-state index in [1.165, 1.54) is 18.9 Å². The second kappa shape index (κ2) is 10.6. The van der Waals surface area contributed by atoms with Crippen molar-refractivity contribution < 1.29 is 27.1 Å². The van der Waals surface area contributed by atoms with E-state index in [0.29, 0.717) is 45.2 Å². The van der Waals surface area contributed by atoms with E-state index in [1.54, 1.807) is 35.7 Å². The number of hydrogen-bond acceptors (Lipinski definition) is 8. The van der Waals surface area contributed by atoms with Crippen molar-refractivity contribution in [1.82, 2.24) is 14.6 Å². The molecule has 4 heterocycles. The van der Waals surface area contributed by atoms with Crippen molar-refractivity contribution in [3.8, 4) is 0 Å². The maximum absolute atomic E-state index is 13.9. The number of fused-ring (bicyclic) bond motifs is 1. The lowest BCUT2D eigenvalue weighted by molar-refractivity contribution is -0.0220. The number of sulfonamides is 1. The maximum Gasteiger partial charge on any atom is 0.257 e. The molecule has 0 bridgehead atoms. The van der Waals surface area contributed by atoms with Gasteiger partial charge in [-0.2, -0.15) is 0 Å². The molecule has 1 aliphatic carbocycles. The first-order valence-electron chi connectivity index (χ1n) is 14.3. The quantitative estimate of drug-likeness (QED) is 0.356. The van der Waals surface area contributed by atoms with Gasteiger partial charge in [-0.1, -0.05) is 0 Å². The van der Waals surface area contributed by atoms with Gasteiger partial charge in [0.1, 0.15) is 5.82 Å². The van der Waals surface area contributed by atoms with Crippen LogP contribution in [0.4, 0.5) is 31.5 Å². The number of carbonyl (C=O) groups is 1. The smallest absolute Gasteiger partial charge is 0.257 e. The SMILES string of the molecule is Cc1nnc2c(N3CCC(F)(F)CC3)cc(NC(=O)c3ccc(NS(=O)(=O)CCO)cc3N3CCC4(CC3)CC4)cn12. The third-order valence-corrected chi connectivity index (χ3v) is 10.0. The highest BCUT2D eigenvalue weighted by molar-refractivity contribution is 7.92. The van der Waals surface area contributed by atoms with Crippen molar-refractivity contribution in [2.75, 3.05) is 58.4 Å². The number of benzene rings is 1. The number of aromatic nitrogens is 3. The minimum absolute atomic E-state index is 0.153. The van der Waals surface area contributed by atoms with Gasteiger partial charge >= 0.3 is 0 Å². The molecule has 11 nitrogen and oxygen atoms in total. The molecule has 3 N–H and O–H groups in total. The molecule has 3 fully saturated rings. The first-order chi connectivity index (χ1) is 20.0. The van der Waals surface area contributed by atoms with Gasteiger partial charge in [-0.05, 0) is 62.3 Å². The predicted octanol–water partition coefficient (Wildman–Crippen LogP) is 3.64. The Morgan fingerprint density at radius 1 is 0.952 bits per heavy atom. The van der Waals surface area contributed by atoms with Crippen LogP contribution in [0.25, 0.3) is 5.65 Å². The summed E-state index contributed by atoms with van der Waals surface area (Å²) < 4.78 is 56.6. The minimum atomic E-state index is -3.75. The van der Waals surface area contributed by atoms with Crippen molar-refractivity contribution in [3.05, 3.63) is 41.9 Å². The van der Waals surface area contributed by atoms with Crippen LogP contribution in [0.15, 0.2) is 30.5 Å². The average molecular weight is 604 g/mol. The Bertz CT molecular complexity index is 1600. The van der Waals surface area contributed by atoms with Crippen LogP contribution < -0.4 is 19.8 Å². The lowest BCUT2D eigenvalue weighted by Gasteiger charge is -2.35. The molecule has 14 heteroatoms. The average Bonchev–Trinajstić information content (AvgIpc) is 3.59. The number of aliphatic hydroxyl groups excluding tert-OH is 1. The fourth-order valence-corrected chi connectivity index (χ4v) is 6.79. The maximum atomic E-state index is 13.9. The third kappa shape index (κ3) is 5.87. The number of pyridine rings is 1. The van der Waals surface area contributed by atoms with Crippen LogP contribution in [0.1, 0.15) is 54.7 Å². The van der Waals surface area contributed by atoms with Gasteiger partial charge in [0.25, 0.3) is 11.8 Å². The summed E-state index contributed by atoms with van der Waals surface area (Å²) >= 11 is 0. The number of aliphatic hydroxyl groups is 1. The molecular formula is C28H35F2N7O4S. The molecule has 1 saturated carbocycles. The zero-order valence-corrected chi connectivity index (χ0v) is 24.3. The Morgan fingerprint density at radius 3 is 2.26 bits per heavy atom. The number of rotatable bonds is 8. The van der Waals surface area contributed by atoms with Crippen molar-refractivity contribution in [2.24, 2.45) is 5.41 Å². The van der Waals surface area contributed by atoms with E-state index in [9.17, 15) is 22.0 Å². The predicted molar refractivity (Wildman–Crippen MR) is 156 cm³/mol. The van der Waals surface area contributed by atoms with Gasteiger partial charge in [0.2, 0.25) is 10.0 Å². The van der Waals surface area contributed by atoms with Crippen LogP contribution in [-0.2, 0) is 10.0 Å². The number of hydrogen-bond donors (Lipinski definition) is 3. The molecule has 0 unspecified atom stereocenters. The molecule has 2 saturated heterocycles. The Balaban J connectivity index is 1.31. The highest BCUT2D eigenvalue weighted by Crippen LogP contribution is 2.54. The van der Waals surface area contributed by atoms with E-state index in [0.717, 1.165) is 25.9 Å².